The zero-order valence-electron chi connectivity index (χ0n) is 5.71. The first-order valence-corrected chi connectivity index (χ1v) is 3.15. The molecule has 0 spiro atoms. The molecule has 0 aromatic heterocycles. The van der Waals surface area contributed by atoms with Crippen molar-refractivity contribution < 1.29 is 19.1 Å². The molecule has 0 unspecified atom stereocenters. The van der Waals surface area contributed by atoms with Gasteiger partial charge in [-0.25, -0.2) is 0 Å². The van der Waals surface area contributed by atoms with E-state index in [1.165, 1.54) is 13.8 Å². The van der Waals surface area contributed by atoms with Crippen LogP contribution in [0.4, 0.5) is 0 Å². The Balaban J connectivity index is 3.53. The first-order chi connectivity index (χ1) is 4.52. The van der Waals surface area contributed by atoms with Gasteiger partial charge >= 0.3 is 11.9 Å². The molecule has 0 fully saturated rings. The zero-order valence-corrected chi connectivity index (χ0v) is 6.71. The van der Waals surface area contributed by atoms with Gasteiger partial charge in [-0.05, 0) is 0 Å². The third-order valence-corrected chi connectivity index (χ3v) is 0.782. The van der Waals surface area contributed by atoms with Crippen molar-refractivity contribution in [3.05, 3.63) is 0 Å². The van der Waals surface area contributed by atoms with Crippen molar-refractivity contribution in [1.82, 2.24) is 0 Å². The van der Waals surface area contributed by atoms with E-state index in [0.29, 0.717) is 0 Å². The quantitative estimate of drug-likeness (QED) is 0.311. The highest BCUT2D eigenvalue weighted by atomic mass is 28.1. The first-order valence-electron chi connectivity index (χ1n) is 2.58. The summed E-state index contributed by atoms with van der Waals surface area (Å²) in [7, 11) is 2.84. The molecule has 0 atom stereocenters. The zero-order chi connectivity index (χ0) is 8.15. The van der Waals surface area contributed by atoms with Crippen LogP contribution in [0.3, 0.4) is 0 Å². The molecule has 0 heterocycles. The number of ether oxygens (including phenoxy) is 2. The maximum Gasteiger partial charge on any atom is 0.305 e. The molecule has 0 N–H and O–H groups in total. The Morgan fingerprint density at radius 2 is 1.50 bits per heavy atom. The Kier molecular flexibility index (Phi) is 3.71. The highest BCUT2D eigenvalue weighted by molar-refractivity contribution is 6.11. The summed E-state index contributed by atoms with van der Waals surface area (Å²) in [4.78, 5) is 20.4. The third kappa shape index (κ3) is 5.30. The smallest absolute Gasteiger partial charge is 0.305 e. The summed E-state index contributed by atoms with van der Waals surface area (Å²) in [5.74, 6) is -2.00. The molecule has 10 heavy (non-hydrogen) atoms. The molecule has 0 amide bonds. The van der Waals surface area contributed by atoms with Crippen LogP contribution in [0.1, 0.15) is 13.8 Å². The standard InChI is InChI=1S/C5H7O4Si/c1-3(6)8-5(10)9-4(2)7/h5H,1-2H3. The van der Waals surface area contributed by atoms with E-state index in [-0.39, 0.29) is 0 Å². The monoisotopic (exact) mass is 159 g/mol. The summed E-state index contributed by atoms with van der Waals surface area (Å²) >= 11 is 0. The number of hydrogen-bond acceptors (Lipinski definition) is 4. The van der Waals surface area contributed by atoms with Gasteiger partial charge in [0.15, 0.2) is 0 Å². The van der Waals surface area contributed by atoms with Crippen LogP contribution in [0.5, 0.6) is 0 Å². The molecule has 0 aliphatic heterocycles. The second kappa shape index (κ2) is 4.05. The normalized spacial score (nSPS) is 9.20. The molecule has 0 aliphatic rings. The molecule has 0 saturated heterocycles. The maximum atomic E-state index is 10.2. The molecular weight excluding hydrogens is 152 g/mol. The highest BCUT2D eigenvalue weighted by Crippen LogP contribution is 1.89. The maximum absolute atomic E-state index is 10.2. The van der Waals surface area contributed by atoms with Crippen molar-refractivity contribution in [2.75, 3.05) is 0 Å². The Morgan fingerprint density at radius 3 is 1.70 bits per heavy atom. The Bertz CT molecular complexity index is 129. The van der Waals surface area contributed by atoms with E-state index < -0.39 is 17.9 Å². The van der Waals surface area contributed by atoms with E-state index in [2.05, 4.69) is 19.7 Å². The fraction of sp³-hybridized carbons (Fsp3) is 0.600. The molecule has 0 bridgehead atoms. The van der Waals surface area contributed by atoms with Gasteiger partial charge in [-0.3, -0.25) is 9.59 Å². The fourth-order valence-corrected chi connectivity index (χ4v) is 0.657. The molecular formula is C5H7O4Si. The lowest BCUT2D eigenvalue weighted by Gasteiger charge is -2.10. The van der Waals surface area contributed by atoms with Crippen molar-refractivity contribution in [2.45, 2.75) is 19.8 Å². The van der Waals surface area contributed by atoms with Crippen molar-refractivity contribution >= 4 is 22.2 Å². The highest BCUT2D eigenvalue weighted by Gasteiger charge is 2.06. The number of carbonyl (C=O) groups excluding carboxylic acids is 2. The fourth-order valence-electron chi connectivity index (χ4n) is 0.326. The van der Waals surface area contributed by atoms with Crippen LogP contribution in [0, 0.1) is 0 Å². The average molecular weight is 159 g/mol. The second-order valence-corrected chi connectivity index (χ2v) is 2.02. The van der Waals surface area contributed by atoms with E-state index in [9.17, 15) is 9.59 Å². The predicted octanol–water partition coefficient (Wildman–Crippen LogP) is -0.435. The van der Waals surface area contributed by atoms with Gasteiger partial charge in [0.05, 0.1) is 0 Å². The van der Waals surface area contributed by atoms with Gasteiger partial charge in [-0.2, -0.15) is 0 Å². The number of carbonyl (C=O) groups is 2. The van der Waals surface area contributed by atoms with Crippen LogP contribution in [-0.2, 0) is 19.1 Å². The number of hydrogen-bond donors (Lipinski definition) is 0. The Labute approximate surface area is 61.9 Å². The van der Waals surface area contributed by atoms with Crippen molar-refractivity contribution in [1.29, 1.82) is 0 Å². The van der Waals surface area contributed by atoms with E-state index in [1.807, 2.05) is 0 Å². The van der Waals surface area contributed by atoms with E-state index in [0.717, 1.165) is 0 Å². The molecule has 5 heteroatoms. The minimum absolute atomic E-state index is 0.513. The Morgan fingerprint density at radius 1 is 1.20 bits per heavy atom. The predicted molar refractivity (Wildman–Crippen MR) is 33.1 cm³/mol. The van der Waals surface area contributed by atoms with Gasteiger partial charge in [-0.15, -0.1) is 0 Å². The second-order valence-electron chi connectivity index (χ2n) is 1.55. The van der Waals surface area contributed by atoms with Crippen LogP contribution in [0.15, 0.2) is 0 Å². The summed E-state index contributed by atoms with van der Waals surface area (Å²) < 4.78 is 8.79. The lowest BCUT2D eigenvalue weighted by atomic mass is 10.8. The van der Waals surface area contributed by atoms with Gasteiger partial charge in [0.25, 0.3) is 0 Å². The van der Waals surface area contributed by atoms with Gasteiger partial charge in [0.1, 0.15) is 10.2 Å². The number of rotatable bonds is 2. The summed E-state index contributed by atoms with van der Waals surface area (Å²) in [5.41, 5.74) is 0. The van der Waals surface area contributed by atoms with Crippen LogP contribution >= 0.6 is 0 Å². The largest absolute Gasteiger partial charge is 0.431 e. The van der Waals surface area contributed by atoms with Crippen molar-refractivity contribution in [2.24, 2.45) is 0 Å². The number of esters is 2. The van der Waals surface area contributed by atoms with Crippen LogP contribution in [0.25, 0.3) is 0 Å². The molecule has 3 radical (unpaired) electrons. The minimum Gasteiger partial charge on any atom is -0.431 e. The molecule has 0 saturated carbocycles. The topological polar surface area (TPSA) is 52.6 Å². The third-order valence-electron chi connectivity index (χ3n) is 0.546. The molecule has 0 aromatic carbocycles. The summed E-state index contributed by atoms with van der Waals surface area (Å²) in [6.07, 6.45) is 0. The Hall–Kier alpha value is -0.843. The van der Waals surface area contributed by atoms with Gasteiger partial charge in [0.2, 0.25) is 5.91 Å². The molecule has 0 aliphatic carbocycles. The summed E-state index contributed by atoms with van der Waals surface area (Å²) in [5, 5.41) is 0. The summed E-state index contributed by atoms with van der Waals surface area (Å²) in [6, 6.07) is 0. The van der Waals surface area contributed by atoms with E-state index in [4.69, 9.17) is 0 Å². The first kappa shape index (κ1) is 9.16. The van der Waals surface area contributed by atoms with Crippen molar-refractivity contribution in [3.63, 3.8) is 0 Å². The van der Waals surface area contributed by atoms with Crippen LogP contribution in [-0.4, -0.2) is 28.1 Å². The SMILES string of the molecule is CC(=O)OC([Si])OC(C)=O. The van der Waals surface area contributed by atoms with Gasteiger partial charge in [0, 0.05) is 13.8 Å². The van der Waals surface area contributed by atoms with Crippen LogP contribution < -0.4 is 0 Å². The van der Waals surface area contributed by atoms with E-state index >= 15 is 0 Å². The molecule has 0 rings (SSSR count). The molecule has 55 valence electrons. The van der Waals surface area contributed by atoms with Crippen LogP contribution in [0.2, 0.25) is 0 Å². The lowest BCUT2D eigenvalue weighted by Crippen LogP contribution is -2.22. The van der Waals surface area contributed by atoms with Crippen molar-refractivity contribution in [3.8, 4) is 0 Å². The molecule has 4 nitrogen and oxygen atoms in total. The molecule has 0 aromatic rings. The lowest BCUT2D eigenvalue weighted by molar-refractivity contribution is -0.170. The van der Waals surface area contributed by atoms with Gasteiger partial charge < -0.3 is 9.47 Å². The van der Waals surface area contributed by atoms with E-state index in [1.54, 1.807) is 0 Å². The average Bonchev–Trinajstić information content (AvgIpc) is 1.58. The van der Waals surface area contributed by atoms with Gasteiger partial charge in [-0.1, -0.05) is 0 Å². The summed E-state index contributed by atoms with van der Waals surface area (Å²) in [6.45, 7) is 2.44. The minimum atomic E-state index is -0.977.